The summed E-state index contributed by atoms with van der Waals surface area (Å²) in [6.45, 7) is 4.54. The Balaban J connectivity index is 1.68. The van der Waals surface area contributed by atoms with Crippen molar-refractivity contribution < 1.29 is 27.9 Å². The van der Waals surface area contributed by atoms with Crippen molar-refractivity contribution >= 4 is 39.9 Å². The third-order valence-corrected chi connectivity index (χ3v) is 5.69. The standard InChI is InChI=1S/C24H23F2N3O4S/c1-14(2)21(28-22(31)20-18(25)10-7-11-19(20)26)23(32)33-12-16-13-34-24(27-16)29(15(3)30)17-8-5-4-6-9-17/h4-11,13-14,21H,12H2,1-3H3,(H,28,31)/t21-/m0/s1. The molecule has 178 valence electrons. The molecule has 0 aliphatic heterocycles. The van der Waals surface area contributed by atoms with E-state index >= 15 is 0 Å². The number of carbonyl (C=O) groups excluding carboxylic acids is 3. The van der Waals surface area contributed by atoms with Crippen molar-refractivity contribution in [1.29, 1.82) is 0 Å². The molecule has 34 heavy (non-hydrogen) atoms. The molecule has 3 aromatic rings. The minimum Gasteiger partial charge on any atom is -0.458 e. The largest absolute Gasteiger partial charge is 0.458 e. The average molecular weight is 488 g/mol. The van der Waals surface area contributed by atoms with Crippen LogP contribution in [0.25, 0.3) is 0 Å². The minimum absolute atomic E-state index is 0.205. The van der Waals surface area contributed by atoms with Crippen LogP contribution in [0.3, 0.4) is 0 Å². The lowest BCUT2D eigenvalue weighted by Gasteiger charge is -2.21. The lowest BCUT2D eigenvalue weighted by atomic mass is 10.0. The first-order valence-corrected chi connectivity index (χ1v) is 11.3. The molecule has 0 aliphatic carbocycles. The van der Waals surface area contributed by atoms with Crippen LogP contribution in [0.2, 0.25) is 0 Å². The van der Waals surface area contributed by atoms with Gasteiger partial charge in [0.25, 0.3) is 5.91 Å². The van der Waals surface area contributed by atoms with Crippen molar-refractivity contribution in [2.45, 2.75) is 33.4 Å². The lowest BCUT2D eigenvalue weighted by Crippen LogP contribution is -2.45. The van der Waals surface area contributed by atoms with Gasteiger partial charge in [-0.25, -0.2) is 18.6 Å². The van der Waals surface area contributed by atoms with E-state index in [1.807, 2.05) is 6.07 Å². The van der Waals surface area contributed by atoms with Gasteiger partial charge in [0.1, 0.15) is 29.8 Å². The van der Waals surface area contributed by atoms with Gasteiger partial charge in [0.05, 0.1) is 11.4 Å². The van der Waals surface area contributed by atoms with Gasteiger partial charge in [-0.15, -0.1) is 11.3 Å². The molecular formula is C24H23F2N3O4S. The number of nitrogens with zero attached hydrogens (tertiary/aromatic N) is 2. The van der Waals surface area contributed by atoms with Crippen molar-refractivity contribution in [1.82, 2.24) is 10.3 Å². The first-order chi connectivity index (χ1) is 16.2. The smallest absolute Gasteiger partial charge is 0.329 e. The summed E-state index contributed by atoms with van der Waals surface area (Å²) in [7, 11) is 0. The fraction of sp³-hybridized carbons (Fsp3) is 0.250. The van der Waals surface area contributed by atoms with Crippen molar-refractivity contribution in [3.8, 4) is 0 Å². The van der Waals surface area contributed by atoms with Gasteiger partial charge in [0, 0.05) is 12.3 Å². The summed E-state index contributed by atoms with van der Waals surface area (Å²) in [6, 6.07) is 10.9. The predicted molar refractivity (Wildman–Crippen MR) is 124 cm³/mol. The Hall–Kier alpha value is -3.66. The third kappa shape index (κ3) is 5.82. The van der Waals surface area contributed by atoms with Gasteiger partial charge in [-0.1, -0.05) is 38.1 Å². The van der Waals surface area contributed by atoms with Crippen LogP contribution < -0.4 is 10.2 Å². The van der Waals surface area contributed by atoms with E-state index < -0.39 is 41.0 Å². The zero-order valence-electron chi connectivity index (χ0n) is 18.7. The Morgan fingerprint density at radius 3 is 2.29 bits per heavy atom. The van der Waals surface area contributed by atoms with Gasteiger partial charge in [-0.05, 0) is 30.2 Å². The molecule has 2 aromatic carbocycles. The molecule has 10 heteroatoms. The molecule has 7 nitrogen and oxygen atoms in total. The van der Waals surface area contributed by atoms with Crippen LogP contribution in [-0.4, -0.2) is 28.8 Å². The molecule has 2 amide bonds. The minimum atomic E-state index is -1.14. The van der Waals surface area contributed by atoms with E-state index in [1.54, 1.807) is 43.5 Å². The molecule has 1 heterocycles. The van der Waals surface area contributed by atoms with Gasteiger partial charge in [-0.2, -0.15) is 0 Å². The quantitative estimate of drug-likeness (QED) is 0.469. The number of benzene rings is 2. The summed E-state index contributed by atoms with van der Waals surface area (Å²) in [5.41, 5.74) is 0.288. The summed E-state index contributed by atoms with van der Waals surface area (Å²) in [4.78, 5) is 43.0. The fourth-order valence-corrected chi connectivity index (χ4v) is 4.00. The zero-order valence-corrected chi connectivity index (χ0v) is 19.6. The Bertz CT molecular complexity index is 1160. The first kappa shape index (κ1) is 25.0. The maximum absolute atomic E-state index is 13.9. The van der Waals surface area contributed by atoms with Gasteiger partial charge in [-0.3, -0.25) is 14.5 Å². The molecule has 3 rings (SSSR count). The number of halogens is 2. The number of amides is 2. The summed E-state index contributed by atoms with van der Waals surface area (Å²) < 4.78 is 33.1. The van der Waals surface area contributed by atoms with Crippen molar-refractivity contribution in [3.05, 3.63) is 76.8 Å². The number of esters is 1. The molecule has 0 radical (unpaired) electrons. The number of para-hydroxylation sites is 1. The molecule has 1 atom stereocenters. The lowest BCUT2D eigenvalue weighted by molar-refractivity contribution is -0.148. The maximum atomic E-state index is 13.9. The molecular weight excluding hydrogens is 464 g/mol. The van der Waals surface area contributed by atoms with Crippen molar-refractivity contribution in [2.75, 3.05) is 4.90 Å². The fourth-order valence-electron chi connectivity index (χ4n) is 3.13. The number of anilines is 2. The van der Waals surface area contributed by atoms with E-state index in [2.05, 4.69) is 10.3 Å². The van der Waals surface area contributed by atoms with Crippen LogP contribution in [0.4, 0.5) is 19.6 Å². The highest BCUT2D eigenvalue weighted by Gasteiger charge is 2.29. The highest BCUT2D eigenvalue weighted by molar-refractivity contribution is 7.14. The zero-order chi connectivity index (χ0) is 24.8. The van der Waals surface area contributed by atoms with E-state index in [4.69, 9.17) is 4.74 Å². The number of hydrogen-bond donors (Lipinski definition) is 1. The number of carbonyl (C=O) groups is 3. The number of aromatic nitrogens is 1. The summed E-state index contributed by atoms with van der Waals surface area (Å²) in [5, 5.41) is 4.41. The molecule has 0 unspecified atom stereocenters. The molecule has 0 fully saturated rings. The molecule has 1 N–H and O–H groups in total. The molecule has 0 saturated carbocycles. The Labute approximate surface area is 199 Å². The van der Waals surface area contributed by atoms with E-state index in [-0.39, 0.29) is 12.5 Å². The van der Waals surface area contributed by atoms with Crippen LogP contribution in [0.5, 0.6) is 0 Å². The Morgan fingerprint density at radius 1 is 1.06 bits per heavy atom. The third-order valence-electron chi connectivity index (χ3n) is 4.82. The Morgan fingerprint density at radius 2 is 1.71 bits per heavy atom. The topological polar surface area (TPSA) is 88.6 Å². The number of hydrogen-bond acceptors (Lipinski definition) is 6. The highest BCUT2D eigenvalue weighted by Crippen LogP contribution is 2.29. The van der Waals surface area contributed by atoms with Crippen LogP contribution >= 0.6 is 11.3 Å². The normalized spacial score (nSPS) is 11.7. The number of thiazole rings is 1. The molecule has 0 spiro atoms. The average Bonchev–Trinajstić information content (AvgIpc) is 3.24. The van der Waals surface area contributed by atoms with Gasteiger partial charge in [0.2, 0.25) is 5.91 Å². The predicted octanol–water partition coefficient (Wildman–Crippen LogP) is 4.60. The Kier molecular flexibility index (Phi) is 8.06. The SMILES string of the molecule is CC(=O)N(c1ccccc1)c1nc(COC(=O)[C@@H](NC(=O)c2c(F)cccc2F)C(C)C)cs1. The second kappa shape index (κ2) is 11.0. The van der Waals surface area contributed by atoms with Crippen molar-refractivity contribution in [3.63, 3.8) is 0 Å². The first-order valence-electron chi connectivity index (χ1n) is 10.4. The van der Waals surface area contributed by atoms with Crippen LogP contribution in [0.15, 0.2) is 53.9 Å². The molecule has 0 saturated heterocycles. The van der Waals surface area contributed by atoms with Crippen LogP contribution in [-0.2, 0) is 20.9 Å². The van der Waals surface area contributed by atoms with E-state index in [0.29, 0.717) is 16.5 Å². The molecule has 0 aliphatic rings. The summed E-state index contributed by atoms with van der Waals surface area (Å²) >= 11 is 1.21. The summed E-state index contributed by atoms with van der Waals surface area (Å²) in [6.07, 6.45) is 0. The number of rotatable bonds is 8. The van der Waals surface area contributed by atoms with Gasteiger partial charge >= 0.3 is 5.97 Å². The molecule has 0 bridgehead atoms. The second-order valence-electron chi connectivity index (χ2n) is 7.71. The van der Waals surface area contributed by atoms with E-state index in [0.717, 1.165) is 18.2 Å². The molecule has 1 aromatic heterocycles. The number of ether oxygens (including phenoxy) is 1. The number of nitrogens with one attached hydrogen (secondary N) is 1. The maximum Gasteiger partial charge on any atom is 0.329 e. The highest BCUT2D eigenvalue weighted by atomic mass is 32.1. The summed E-state index contributed by atoms with van der Waals surface area (Å²) in [5.74, 6) is -4.53. The van der Waals surface area contributed by atoms with Gasteiger partial charge in [0.15, 0.2) is 5.13 Å². The van der Waals surface area contributed by atoms with Crippen LogP contribution in [0, 0.1) is 17.6 Å². The second-order valence-corrected chi connectivity index (χ2v) is 8.55. The monoisotopic (exact) mass is 487 g/mol. The van der Waals surface area contributed by atoms with Crippen LogP contribution in [0.1, 0.15) is 36.8 Å². The van der Waals surface area contributed by atoms with E-state index in [9.17, 15) is 23.2 Å². The van der Waals surface area contributed by atoms with E-state index in [1.165, 1.54) is 23.2 Å². The van der Waals surface area contributed by atoms with Crippen molar-refractivity contribution in [2.24, 2.45) is 5.92 Å². The van der Waals surface area contributed by atoms with Gasteiger partial charge < -0.3 is 10.1 Å².